The number of carbonyl (C=O) groups is 3. The third-order valence-corrected chi connectivity index (χ3v) is 4.29. The minimum atomic E-state index is -0.760. The molecule has 0 aliphatic carbocycles. The van der Waals surface area contributed by atoms with E-state index in [0.29, 0.717) is 5.69 Å². The number of rotatable bonds is 5. The van der Waals surface area contributed by atoms with Gasteiger partial charge in [0.2, 0.25) is 0 Å². The van der Waals surface area contributed by atoms with E-state index in [4.69, 9.17) is 16.3 Å². The SMILES string of the molecule is CC(=O)Oc1cccc(C(=O)Nc2ccccc2NC(=O)c2c(F)cccc2Cl)c1. The molecule has 2 N–H and O–H groups in total. The van der Waals surface area contributed by atoms with Gasteiger partial charge in [-0.15, -0.1) is 0 Å². The van der Waals surface area contributed by atoms with Gasteiger partial charge in [-0.05, 0) is 42.5 Å². The molecule has 152 valence electrons. The summed E-state index contributed by atoms with van der Waals surface area (Å²) in [5, 5.41) is 5.20. The molecule has 0 atom stereocenters. The van der Waals surface area contributed by atoms with E-state index in [0.717, 1.165) is 6.07 Å². The molecule has 0 heterocycles. The lowest BCUT2D eigenvalue weighted by atomic mass is 10.1. The Morgan fingerprint density at radius 2 is 1.50 bits per heavy atom. The first-order valence-electron chi connectivity index (χ1n) is 8.79. The normalized spacial score (nSPS) is 10.2. The Morgan fingerprint density at radius 1 is 0.867 bits per heavy atom. The van der Waals surface area contributed by atoms with Crippen molar-refractivity contribution < 1.29 is 23.5 Å². The number of para-hydroxylation sites is 2. The number of hydrogen-bond acceptors (Lipinski definition) is 4. The predicted molar refractivity (Wildman–Crippen MR) is 112 cm³/mol. The van der Waals surface area contributed by atoms with Gasteiger partial charge in [0.25, 0.3) is 11.8 Å². The van der Waals surface area contributed by atoms with Crippen LogP contribution in [0.5, 0.6) is 5.75 Å². The molecule has 0 saturated carbocycles. The van der Waals surface area contributed by atoms with E-state index in [-0.39, 0.29) is 27.6 Å². The number of anilines is 2. The predicted octanol–water partition coefficient (Wildman–Crippen LogP) is 4.91. The Labute approximate surface area is 176 Å². The van der Waals surface area contributed by atoms with Gasteiger partial charge in [-0.2, -0.15) is 0 Å². The van der Waals surface area contributed by atoms with Crippen LogP contribution in [0.15, 0.2) is 66.7 Å². The second-order valence-electron chi connectivity index (χ2n) is 6.17. The Hall–Kier alpha value is -3.71. The van der Waals surface area contributed by atoms with Crippen molar-refractivity contribution in [3.63, 3.8) is 0 Å². The summed E-state index contributed by atoms with van der Waals surface area (Å²) >= 11 is 5.94. The molecule has 3 rings (SSSR count). The fourth-order valence-electron chi connectivity index (χ4n) is 2.66. The molecular weight excluding hydrogens is 411 g/mol. The summed E-state index contributed by atoms with van der Waals surface area (Å²) in [7, 11) is 0. The van der Waals surface area contributed by atoms with Gasteiger partial charge < -0.3 is 15.4 Å². The summed E-state index contributed by atoms with van der Waals surface area (Å²) in [5.74, 6) is -2.28. The number of esters is 1. The number of nitrogens with one attached hydrogen (secondary N) is 2. The van der Waals surface area contributed by atoms with Crippen LogP contribution in [0.2, 0.25) is 5.02 Å². The van der Waals surface area contributed by atoms with Crippen molar-refractivity contribution in [3.8, 4) is 5.75 Å². The van der Waals surface area contributed by atoms with Gasteiger partial charge >= 0.3 is 5.97 Å². The van der Waals surface area contributed by atoms with Crippen molar-refractivity contribution in [2.24, 2.45) is 0 Å². The molecule has 0 aromatic heterocycles. The molecule has 0 spiro atoms. The standard InChI is InChI=1S/C22H16ClFN2O4/c1-13(27)30-15-7-4-6-14(12-15)21(28)25-18-10-2-3-11-19(18)26-22(29)20-16(23)8-5-9-17(20)24/h2-12H,1H3,(H,25,28)(H,26,29). The van der Waals surface area contributed by atoms with Gasteiger partial charge in [-0.25, -0.2) is 4.39 Å². The van der Waals surface area contributed by atoms with Gasteiger partial charge in [-0.3, -0.25) is 14.4 Å². The van der Waals surface area contributed by atoms with Crippen LogP contribution in [0.4, 0.5) is 15.8 Å². The van der Waals surface area contributed by atoms with Gasteiger partial charge in [0.1, 0.15) is 11.6 Å². The third kappa shape index (κ3) is 5.01. The molecule has 0 bridgehead atoms. The van der Waals surface area contributed by atoms with E-state index >= 15 is 0 Å². The maximum absolute atomic E-state index is 14.0. The largest absolute Gasteiger partial charge is 0.427 e. The zero-order valence-electron chi connectivity index (χ0n) is 15.7. The maximum Gasteiger partial charge on any atom is 0.308 e. The summed E-state index contributed by atoms with van der Waals surface area (Å²) in [4.78, 5) is 36.2. The van der Waals surface area contributed by atoms with Crippen LogP contribution in [-0.2, 0) is 4.79 Å². The Balaban J connectivity index is 1.81. The Kier molecular flexibility index (Phi) is 6.44. The number of hydrogen-bond donors (Lipinski definition) is 2. The van der Waals surface area contributed by atoms with E-state index in [1.165, 1.54) is 25.1 Å². The number of halogens is 2. The number of carbonyl (C=O) groups excluding carboxylic acids is 3. The number of benzene rings is 3. The zero-order chi connectivity index (χ0) is 21.7. The highest BCUT2D eigenvalue weighted by Crippen LogP contribution is 2.25. The Morgan fingerprint density at radius 3 is 2.13 bits per heavy atom. The number of amides is 2. The summed E-state index contributed by atoms with van der Waals surface area (Å²) < 4.78 is 19.0. The third-order valence-electron chi connectivity index (χ3n) is 3.97. The van der Waals surface area contributed by atoms with Crippen LogP contribution in [0.1, 0.15) is 27.6 Å². The van der Waals surface area contributed by atoms with Crippen LogP contribution in [0.25, 0.3) is 0 Å². The molecular formula is C22H16ClFN2O4. The fraction of sp³-hybridized carbons (Fsp3) is 0.0455. The molecule has 30 heavy (non-hydrogen) atoms. The highest BCUT2D eigenvalue weighted by Gasteiger charge is 2.18. The average molecular weight is 427 g/mol. The second kappa shape index (κ2) is 9.19. The fourth-order valence-corrected chi connectivity index (χ4v) is 2.91. The molecule has 2 amide bonds. The second-order valence-corrected chi connectivity index (χ2v) is 6.58. The van der Waals surface area contributed by atoms with Crippen molar-refractivity contribution >= 4 is 40.8 Å². The summed E-state index contributed by atoms with van der Waals surface area (Å²) in [6, 6.07) is 16.4. The highest BCUT2D eigenvalue weighted by molar-refractivity contribution is 6.34. The smallest absolute Gasteiger partial charge is 0.308 e. The van der Waals surface area contributed by atoms with Crippen molar-refractivity contribution in [1.82, 2.24) is 0 Å². The molecule has 3 aromatic carbocycles. The molecule has 0 aliphatic heterocycles. The van der Waals surface area contributed by atoms with Crippen LogP contribution in [0.3, 0.4) is 0 Å². The molecule has 0 radical (unpaired) electrons. The molecule has 0 aliphatic rings. The molecule has 0 unspecified atom stereocenters. The van der Waals surface area contributed by atoms with Gasteiger partial charge in [0.05, 0.1) is 22.0 Å². The summed E-state index contributed by atoms with van der Waals surface area (Å²) in [6.45, 7) is 1.26. The van der Waals surface area contributed by atoms with E-state index in [1.54, 1.807) is 42.5 Å². The van der Waals surface area contributed by atoms with Crippen LogP contribution < -0.4 is 15.4 Å². The molecule has 6 nitrogen and oxygen atoms in total. The summed E-state index contributed by atoms with van der Waals surface area (Å²) in [5.41, 5.74) is 0.494. The topological polar surface area (TPSA) is 84.5 Å². The number of ether oxygens (including phenoxy) is 1. The quantitative estimate of drug-likeness (QED) is 0.448. The first-order chi connectivity index (χ1) is 14.3. The lowest BCUT2D eigenvalue weighted by Gasteiger charge is -2.13. The van der Waals surface area contributed by atoms with Crippen molar-refractivity contribution in [1.29, 1.82) is 0 Å². The molecule has 8 heteroatoms. The maximum atomic E-state index is 14.0. The lowest BCUT2D eigenvalue weighted by molar-refractivity contribution is -0.131. The van der Waals surface area contributed by atoms with Gasteiger partial charge in [-0.1, -0.05) is 35.9 Å². The first-order valence-corrected chi connectivity index (χ1v) is 9.17. The molecule has 3 aromatic rings. The average Bonchev–Trinajstić information content (AvgIpc) is 2.69. The van der Waals surface area contributed by atoms with Crippen molar-refractivity contribution in [2.45, 2.75) is 6.92 Å². The van der Waals surface area contributed by atoms with Crippen molar-refractivity contribution in [3.05, 3.63) is 88.7 Å². The van der Waals surface area contributed by atoms with E-state index in [9.17, 15) is 18.8 Å². The minimum Gasteiger partial charge on any atom is -0.427 e. The Bertz CT molecular complexity index is 1110. The van der Waals surface area contributed by atoms with Gasteiger partial charge in [0, 0.05) is 12.5 Å². The summed E-state index contributed by atoms with van der Waals surface area (Å²) in [6.07, 6.45) is 0. The van der Waals surface area contributed by atoms with Crippen LogP contribution in [-0.4, -0.2) is 17.8 Å². The zero-order valence-corrected chi connectivity index (χ0v) is 16.5. The molecule has 0 fully saturated rings. The van der Waals surface area contributed by atoms with Crippen molar-refractivity contribution in [2.75, 3.05) is 10.6 Å². The first kappa shape index (κ1) is 21.0. The van der Waals surface area contributed by atoms with Crippen LogP contribution in [0, 0.1) is 5.82 Å². The molecule has 0 saturated heterocycles. The monoisotopic (exact) mass is 426 g/mol. The van der Waals surface area contributed by atoms with E-state index in [2.05, 4.69) is 10.6 Å². The lowest BCUT2D eigenvalue weighted by Crippen LogP contribution is -2.18. The van der Waals surface area contributed by atoms with Gasteiger partial charge in [0.15, 0.2) is 0 Å². The van der Waals surface area contributed by atoms with Crippen LogP contribution >= 0.6 is 11.6 Å². The highest BCUT2D eigenvalue weighted by atomic mass is 35.5. The minimum absolute atomic E-state index is 0.0312. The van der Waals surface area contributed by atoms with E-state index < -0.39 is 23.6 Å². The van der Waals surface area contributed by atoms with E-state index in [1.807, 2.05) is 0 Å².